The number of carboxylic acid groups (broad SMARTS) is 1. The Bertz CT molecular complexity index is 1450. The van der Waals surface area contributed by atoms with Crippen LogP contribution in [0.2, 0.25) is 0 Å². The van der Waals surface area contributed by atoms with E-state index < -0.39 is 35.4 Å². The summed E-state index contributed by atoms with van der Waals surface area (Å²) < 4.78 is 18.2. The summed E-state index contributed by atoms with van der Waals surface area (Å²) in [5.41, 5.74) is 1.50. The summed E-state index contributed by atoms with van der Waals surface area (Å²) in [7, 11) is 1.60. The number of carbonyl (C=O) groups is 3. The third-order valence-corrected chi connectivity index (χ3v) is 10.9. The van der Waals surface area contributed by atoms with Crippen molar-refractivity contribution in [3.63, 3.8) is 0 Å². The van der Waals surface area contributed by atoms with E-state index in [1.54, 1.807) is 14.0 Å². The van der Waals surface area contributed by atoms with E-state index in [4.69, 9.17) is 24.2 Å². The zero-order valence-electron chi connectivity index (χ0n) is 27.2. The Morgan fingerprint density at radius 2 is 1.80 bits per heavy atom. The molecule has 1 saturated heterocycles. The third-order valence-electron chi connectivity index (χ3n) is 10.9. The highest BCUT2D eigenvalue weighted by molar-refractivity contribution is 5.89. The number of hydrogen-bond acceptors (Lipinski definition) is 8. The van der Waals surface area contributed by atoms with Crippen molar-refractivity contribution in [2.45, 2.75) is 104 Å². The quantitative estimate of drug-likeness (QED) is 0.436. The van der Waals surface area contributed by atoms with Crippen LogP contribution in [-0.4, -0.2) is 69.7 Å². The fourth-order valence-corrected chi connectivity index (χ4v) is 8.39. The molecule has 1 aromatic heterocycles. The van der Waals surface area contributed by atoms with Gasteiger partial charge in [0.25, 0.3) is 0 Å². The Balaban J connectivity index is 1.37. The second-order valence-corrected chi connectivity index (χ2v) is 14.8. The van der Waals surface area contributed by atoms with Gasteiger partial charge in [-0.1, -0.05) is 40.5 Å². The molecule has 0 unspecified atom stereocenters. The number of methoxy groups -OCH3 is 1. The zero-order chi connectivity index (χ0) is 32.0. The largest absolute Gasteiger partial charge is 0.497 e. The van der Waals surface area contributed by atoms with Crippen LogP contribution in [0.3, 0.4) is 0 Å². The molecule has 1 amide bonds. The number of hydrogen-bond donors (Lipinski definition) is 1. The van der Waals surface area contributed by atoms with Crippen molar-refractivity contribution in [1.29, 1.82) is 0 Å². The smallest absolute Gasteiger partial charge is 0.326 e. The maximum absolute atomic E-state index is 14.3. The Labute approximate surface area is 265 Å². The van der Waals surface area contributed by atoms with Gasteiger partial charge in [-0.15, -0.1) is 0 Å². The second kappa shape index (κ2) is 12.4. The third kappa shape index (κ3) is 6.21. The van der Waals surface area contributed by atoms with E-state index in [1.807, 2.05) is 39.0 Å². The normalized spacial score (nSPS) is 32.7. The van der Waals surface area contributed by atoms with Crippen LogP contribution < -0.4 is 9.47 Å². The van der Waals surface area contributed by atoms with Gasteiger partial charge in [-0.25, -0.2) is 14.8 Å². The van der Waals surface area contributed by atoms with Crippen LogP contribution in [0.25, 0.3) is 11.0 Å². The SMILES string of the molecule is COc1ccc2nc3c(nc2c1)O[C@H]1CN(C(=O)[C@H](C(C)(C)C)CC(=O)O[C@@H]2[C@H]4CC[C@H](C4)[C@H]2CCCCC3)[C@H](C(=O)O)[C@@H]1C. The van der Waals surface area contributed by atoms with Crippen molar-refractivity contribution in [3.05, 3.63) is 23.9 Å². The van der Waals surface area contributed by atoms with Crippen LogP contribution in [0.15, 0.2) is 18.2 Å². The lowest BCUT2D eigenvalue weighted by molar-refractivity contribution is -0.162. The molecule has 3 heterocycles. The number of nitrogens with zero attached hydrogens (tertiary/aromatic N) is 3. The summed E-state index contributed by atoms with van der Waals surface area (Å²) in [6.07, 6.45) is 7.21. The number of aryl methyl sites for hydroxylation is 1. The fourth-order valence-electron chi connectivity index (χ4n) is 8.39. The number of carboxylic acids is 1. The van der Waals surface area contributed by atoms with E-state index in [0.29, 0.717) is 41.3 Å². The molecule has 6 rings (SSSR count). The molecule has 0 radical (unpaired) electrons. The standard InChI is InChI=1S/C35H47N3O7/c1-19-28-18-38(30(19)34(41)42)33(40)24(35(2,3)4)17-29(39)45-31-21-12-11-20(15-21)23(31)9-7-6-8-10-26-32(44-28)37-27-16-22(43-5)13-14-25(27)36-26/h13-14,16,19-21,23-24,28,30-31H,6-12,15,17-18H2,1-5H3,(H,41,42)/t19-,20-,21+,23-,24-,28+,30+,31-/m1/s1. The minimum Gasteiger partial charge on any atom is -0.497 e. The Hall–Kier alpha value is -3.43. The first kappa shape index (κ1) is 31.5. The molecule has 10 nitrogen and oxygen atoms in total. The molecule has 4 aliphatic rings. The van der Waals surface area contributed by atoms with Crippen LogP contribution in [0, 0.1) is 35.0 Å². The predicted molar refractivity (Wildman–Crippen MR) is 167 cm³/mol. The lowest BCUT2D eigenvalue weighted by Crippen LogP contribution is -2.48. The summed E-state index contributed by atoms with van der Waals surface area (Å²) in [6, 6.07) is 4.45. The molecular formula is C35H47N3O7. The van der Waals surface area contributed by atoms with Gasteiger partial charge in [0.1, 0.15) is 29.7 Å². The van der Waals surface area contributed by atoms with Gasteiger partial charge < -0.3 is 24.2 Å². The molecule has 2 aliphatic carbocycles. The topological polar surface area (TPSA) is 128 Å². The van der Waals surface area contributed by atoms with Crippen molar-refractivity contribution < 1.29 is 33.7 Å². The van der Waals surface area contributed by atoms with Gasteiger partial charge >= 0.3 is 11.9 Å². The van der Waals surface area contributed by atoms with E-state index >= 15 is 0 Å². The molecule has 2 saturated carbocycles. The molecule has 0 spiro atoms. The van der Waals surface area contributed by atoms with Crippen molar-refractivity contribution >= 4 is 28.9 Å². The van der Waals surface area contributed by atoms with Crippen LogP contribution in [0.1, 0.15) is 84.8 Å². The highest BCUT2D eigenvalue weighted by Gasteiger charge is 2.52. The van der Waals surface area contributed by atoms with Crippen LogP contribution in [-0.2, 0) is 25.5 Å². The van der Waals surface area contributed by atoms with Crippen LogP contribution in [0.5, 0.6) is 11.6 Å². The van der Waals surface area contributed by atoms with E-state index in [9.17, 15) is 19.5 Å². The number of amides is 1. The van der Waals surface area contributed by atoms with Crippen LogP contribution in [0.4, 0.5) is 0 Å². The molecular weight excluding hydrogens is 574 g/mol. The second-order valence-electron chi connectivity index (χ2n) is 14.8. The highest BCUT2D eigenvalue weighted by atomic mass is 16.5. The van der Waals surface area contributed by atoms with Gasteiger partial charge in [0, 0.05) is 12.0 Å². The zero-order valence-corrected chi connectivity index (χ0v) is 27.2. The average Bonchev–Trinajstić information content (AvgIpc) is 3.68. The van der Waals surface area contributed by atoms with Gasteiger partial charge in [0.05, 0.1) is 37.0 Å². The summed E-state index contributed by atoms with van der Waals surface area (Å²) in [4.78, 5) is 51.6. The molecule has 244 valence electrons. The maximum atomic E-state index is 14.3. The van der Waals surface area contributed by atoms with Crippen molar-refractivity contribution in [2.75, 3.05) is 13.7 Å². The number of carbonyl (C=O) groups excluding carboxylic acids is 2. The van der Waals surface area contributed by atoms with Crippen molar-refractivity contribution in [1.82, 2.24) is 14.9 Å². The van der Waals surface area contributed by atoms with Crippen molar-refractivity contribution in [3.8, 4) is 11.6 Å². The van der Waals surface area contributed by atoms with Gasteiger partial charge in [-0.3, -0.25) is 9.59 Å². The molecule has 1 aromatic carbocycles. The molecule has 4 bridgehead atoms. The molecule has 3 fully saturated rings. The minimum atomic E-state index is -1.10. The highest BCUT2D eigenvalue weighted by Crippen LogP contribution is 2.52. The van der Waals surface area contributed by atoms with E-state index in [2.05, 4.69) is 0 Å². The maximum Gasteiger partial charge on any atom is 0.326 e. The number of ether oxygens (including phenoxy) is 3. The first-order valence-corrected chi connectivity index (χ1v) is 16.7. The molecule has 2 aliphatic heterocycles. The average molecular weight is 622 g/mol. The predicted octanol–water partition coefficient (Wildman–Crippen LogP) is 5.44. The number of aliphatic carboxylic acids is 1. The molecule has 2 aromatic rings. The molecule has 10 heteroatoms. The van der Waals surface area contributed by atoms with E-state index in [-0.39, 0.29) is 30.9 Å². The Kier molecular flexibility index (Phi) is 8.69. The summed E-state index contributed by atoms with van der Waals surface area (Å²) in [5.74, 6) is -0.721. The lowest BCUT2D eigenvalue weighted by atomic mass is 9.77. The first-order valence-electron chi connectivity index (χ1n) is 16.7. The van der Waals surface area contributed by atoms with Crippen molar-refractivity contribution in [2.24, 2.45) is 35.0 Å². The minimum absolute atomic E-state index is 0.0737. The van der Waals surface area contributed by atoms with E-state index in [0.717, 1.165) is 49.7 Å². The monoisotopic (exact) mass is 621 g/mol. The summed E-state index contributed by atoms with van der Waals surface area (Å²) >= 11 is 0. The van der Waals surface area contributed by atoms with E-state index in [1.165, 1.54) is 11.3 Å². The lowest BCUT2D eigenvalue weighted by Gasteiger charge is -2.35. The Morgan fingerprint density at radius 1 is 1.02 bits per heavy atom. The van der Waals surface area contributed by atoms with Gasteiger partial charge in [-0.05, 0) is 73.8 Å². The molecule has 8 atom stereocenters. The van der Waals surface area contributed by atoms with Gasteiger partial charge in [-0.2, -0.15) is 0 Å². The molecule has 1 N–H and O–H groups in total. The van der Waals surface area contributed by atoms with Gasteiger partial charge in [0.15, 0.2) is 0 Å². The van der Waals surface area contributed by atoms with Crippen LogP contribution >= 0.6 is 0 Å². The Morgan fingerprint density at radius 3 is 2.53 bits per heavy atom. The fraction of sp³-hybridized carbons (Fsp3) is 0.686. The number of benzene rings is 1. The number of esters is 1. The number of rotatable bonds is 2. The van der Waals surface area contributed by atoms with Gasteiger partial charge in [0.2, 0.25) is 11.8 Å². The first-order chi connectivity index (χ1) is 21.4. The summed E-state index contributed by atoms with van der Waals surface area (Å²) in [6.45, 7) is 7.63. The summed E-state index contributed by atoms with van der Waals surface area (Å²) in [5, 5.41) is 10.3. The number of aromatic nitrogens is 2. The molecule has 45 heavy (non-hydrogen) atoms. The number of fused-ring (bicyclic) bond motifs is 9.